The fourth-order valence-corrected chi connectivity index (χ4v) is 13.2. The molecule has 2 saturated heterocycles. The standard InChI is InChI=1S/C37H46O6Si/c1-24(2)36-22-26(4)37(32(39)33(36)41-35(8,42-36)43-37)30-19-20-31(38)29(30)21-25(3)23-40-44(34(5,6)7,27-15-11-9-12-16-27)28-17-13-10-14-18-28/h9-20,26,29-30,32-33,39H,1,3,21-23H2,2,4-8H3/t26-,29-,30+,32-,33-,35?,36-,37+/m1/s1. The van der Waals surface area contributed by atoms with E-state index in [1.54, 1.807) is 13.0 Å². The van der Waals surface area contributed by atoms with Gasteiger partial charge in [-0.05, 0) is 52.7 Å². The molecule has 2 heterocycles. The smallest absolute Gasteiger partial charge is 0.281 e. The van der Waals surface area contributed by atoms with Crippen molar-refractivity contribution in [3.05, 3.63) is 97.1 Å². The van der Waals surface area contributed by atoms with E-state index >= 15 is 0 Å². The van der Waals surface area contributed by atoms with Crippen molar-refractivity contribution in [3.8, 4) is 0 Å². The van der Waals surface area contributed by atoms with Crippen molar-refractivity contribution >= 4 is 24.5 Å². The number of aliphatic hydroxyl groups is 1. The minimum Gasteiger partial charge on any atom is -0.403 e. The first-order valence-corrected chi connectivity index (χ1v) is 17.7. The Morgan fingerprint density at radius 3 is 2.18 bits per heavy atom. The first-order chi connectivity index (χ1) is 20.7. The number of ether oxygens (including phenoxy) is 3. The lowest BCUT2D eigenvalue weighted by Crippen LogP contribution is -2.71. The van der Waals surface area contributed by atoms with Crippen LogP contribution in [0.1, 0.15) is 54.4 Å². The number of ketones is 1. The van der Waals surface area contributed by atoms with Crippen molar-refractivity contribution in [1.29, 1.82) is 0 Å². The Morgan fingerprint density at radius 1 is 1.05 bits per heavy atom. The molecular formula is C37H46O6Si. The first kappa shape index (κ1) is 31.3. The van der Waals surface area contributed by atoms with E-state index in [1.807, 2.05) is 25.1 Å². The molecule has 2 aliphatic carbocycles. The van der Waals surface area contributed by atoms with E-state index in [4.69, 9.17) is 18.6 Å². The highest BCUT2D eigenvalue weighted by Crippen LogP contribution is 2.63. The third kappa shape index (κ3) is 4.50. The van der Waals surface area contributed by atoms with Crippen LogP contribution >= 0.6 is 0 Å². The van der Waals surface area contributed by atoms with Gasteiger partial charge in [-0.3, -0.25) is 4.79 Å². The average Bonchev–Trinajstić information content (AvgIpc) is 3.43. The monoisotopic (exact) mass is 614 g/mol. The van der Waals surface area contributed by atoms with Crippen LogP contribution in [-0.4, -0.2) is 55.2 Å². The molecule has 44 heavy (non-hydrogen) atoms. The summed E-state index contributed by atoms with van der Waals surface area (Å²) in [5.41, 5.74) is -0.241. The number of fused-ring (bicyclic) bond motifs is 2. The second-order valence-electron chi connectivity index (χ2n) is 14.5. The van der Waals surface area contributed by atoms with Crippen LogP contribution in [0.2, 0.25) is 5.04 Å². The number of allylic oxidation sites excluding steroid dienone is 1. The van der Waals surface area contributed by atoms with E-state index in [1.165, 1.54) is 10.4 Å². The Bertz CT molecular complexity index is 1440. The van der Waals surface area contributed by atoms with Gasteiger partial charge in [-0.25, -0.2) is 0 Å². The summed E-state index contributed by atoms with van der Waals surface area (Å²) in [6.07, 6.45) is 2.95. The number of aliphatic hydroxyl groups excluding tert-OH is 1. The van der Waals surface area contributed by atoms with Gasteiger partial charge in [0.05, 0.1) is 6.61 Å². The highest BCUT2D eigenvalue weighted by atomic mass is 28.4. The van der Waals surface area contributed by atoms with E-state index < -0.39 is 43.6 Å². The number of carbonyl (C=O) groups is 1. The van der Waals surface area contributed by atoms with Crippen LogP contribution < -0.4 is 10.4 Å². The molecule has 7 heteroatoms. The molecule has 0 spiro atoms. The highest BCUT2D eigenvalue weighted by Gasteiger charge is 2.76. The lowest BCUT2D eigenvalue weighted by Gasteiger charge is -2.57. The third-order valence-electron chi connectivity index (χ3n) is 10.6. The first-order valence-electron chi connectivity index (χ1n) is 15.8. The number of carbonyl (C=O) groups excluding carboxylic acids is 1. The zero-order valence-corrected chi connectivity index (χ0v) is 27.8. The summed E-state index contributed by atoms with van der Waals surface area (Å²) in [5.74, 6) is -2.26. The third-order valence-corrected chi connectivity index (χ3v) is 15.6. The number of hydrogen-bond acceptors (Lipinski definition) is 6. The lowest BCUT2D eigenvalue weighted by atomic mass is 9.58. The second-order valence-corrected chi connectivity index (χ2v) is 18.8. The Morgan fingerprint density at radius 2 is 1.64 bits per heavy atom. The van der Waals surface area contributed by atoms with Gasteiger partial charge >= 0.3 is 0 Å². The second kappa shape index (κ2) is 10.7. The minimum atomic E-state index is -2.78. The molecule has 4 aliphatic rings. The molecule has 3 bridgehead atoms. The van der Waals surface area contributed by atoms with Crippen molar-refractivity contribution in [2.75, 3.05) is 6.61 Å². The van der Waals surface area contributed by atoms with Crippen molar-refractivity contribution in [2.24, 2.45) is 17.8 Å². The topological polar surface area (TPSA) is 74.2 Å². The summed E-state index contributed by atoms with van der Waals surface area (Å²) in [6.45, 7) is 21.4. The van der Waals surface area contributed by atoms with E-state index in [9.17, 15) is 9.90 Å². The molecule has 1 unspecified atom stereocenters. The summed E-state index contributed by atoms with van der Waals surface area (Å²) in [4.78, 5) is 13.5. The number of hydrogen-bond donors (Lipinski definition) is 1. The maximum atomic E-state index is 13.5. The molecule has 1 saturated carbocycles. The molecule has 234 valence electrons. The Labute approximate surface area is 262 Å². The lowest BCUT2D eigenvalue weighted by molar-refractivity contribution is -0.422. The van der Waals surface area contributed by atoms with E-state index in [0.29, 0.717) is 19.4 Å². The van der Waals surface area contributed by atoms with Crippen LogP contribution in [0, 0.1) is 17.8 Å². The molecule has 6 nitrogen and oxygen atoms in total. The Kier molecular flexibility index (Phi) is 7.63. The van der Waals surface area contributed by atoms with Crippen LogP contribution in [0.25, 0.3) is 0 Å². The summed E-state index contributed by atoms with van der Waals surface area (Å²) in [6, 6.07) is 21.0. The Balaban J connectivity index is 1.29. The molecule has 8 atom stereocenters. The summed E-state index contributed by atoms with van der Waals surface area (Å²) < 4.78 is 26.4. The Hall–Kier alpha value is -2.65. The molecular weight excluding hydrogens is 568 g/mol. The van der Waals surface area contributed by atoms with Crippen molar-refractivity contribution in [3.63, 3.8) is 0 Å². The average molecular weight is 615 g/mol. The molecule has 0 radical (unpaired) electrons. The van der Waals surface area contributed by atoms with Gasteiger partial charge in [0.1, 0.15) is 23.4 Å². The van der Waals surface area contributed by atoms with Crippen molar-refractivity contribution < 1.29 is 28.5 Å². The molecule has 2 aromatic carbocycles. The van der Waals surface area contributed by atoms with Crippen molar-refractivity contribution in [1.82, 2.24) is 0 Å². The fraction of sp³-hybridized carbons (Fsp3) is 0.486. The maximum absolute atomic E-state index is 13.5. The van der Waals surface area contributed by atoms with Gasteiger partial charge in [0.2, 0.25) is 0 Å². The molecule has 2 aliphatic heterocycles. The number of benzene rings is 2. The quantitative estimate of drug-likeness (QED) is 0.299. The normalized spacial score (nSPS) is 36.2. The predicted molar refractivity (Wildman–Crippen MR) is 174 cm³/mol. The van der Waals surface area contributed by atoms with Gasteiger partial charge in [-0.2, -0.15) is 0 Å². The van der Waals surface area contributed by atoms with Gasteiger partial charge in [-0.15, -0.1) is 0 Å². The molecule has 1 N–H and O–H groups in total. The number of rotatable bonds is 9. The van der Waals surface area contributed by atoms with Gasteiger partial charge in [-0.1, -0.05) is 113 Å². The van der Waals surface area contributed by atoms with Gasteiger partial charge in [0, 0.05) is 18.8 Å². The summed E-state index contributed by atoms with van der Waals surface area (Å²) in [7, 11) is -2.78. The molecule has 2 aromatic rings. The molecule has 0 amide bonds. The van der Waals surface area contributed by atoms with E-state index in [0.717, 1.165) is 11.1 Å². The zero-order valence-electron chi connectivity index (χ0n) is 26.8. The van der Waals surface area contributed by atoms with Gasteiger partial charge < -0.3 is 23.7 Å². The predicted octanol–water partition coefficient (Wildman–Crippen LogP) is 5.45. The highest BCUT2D eigenvalue weighted by molar-refractivity contribution is 6.99. The van der Waals surface area contributed by atoms with Crippen LogP contribution in [0.5, 0.6) is 0 Å². The van der Waals surface area contributed by atoms with E-state index in [-0.39, 0.29) is 22.7 Å². The zero-order chi connectivity index (χ0) is 31.7. The van der Waals surface area contributed by atoms with Gasteiger partial charge in [0.15, 0.2) is 5.78 Å². The van der Waals surface area contributed by atoms with Crippen molar-refractivity contribution in [2.45, 2.75) is 88.8 Å². The van der Waals surface area contributed by atoms with Crippen LogP contribution in [-0.2, 0) is 23.4 Å². The van der Waals surface area contributed by atoms with Gasteiger partial charge in [0.25, 0.3) is 14.3 Å². The van der Waals surface area contributed by atoms with Crippen LogP contribution in [0.15, 0.2) is 97.1 Å². The van der Waals surface area contributed by atoms with E-state index in [2.05, 4.69) is 89.4 Å². The molecule has 6 rings (SSSR count). The minimum absolute atomic E-state index is 0.0145. The van der Waals surface area contributed by atoms with Crippen LogP contribution in [0.3, 0.4) is 0 Å². The molecule has 3 fully saturated rings. The summed E-state index contributed by atoms with van der Waals surface area (Å²) >= 11 is 0. The summed E-state index contributed by atoms with van der Waals surface area (Å²) in [5, 5.41) is 14.1. The fourth-order valence-electron chi connectivity index (χ4n) is 8.65. The largest absolute Gasteiger partial charge is 0.403 e. The maximum Gasteiger partial charge on any atom is 0.281 e. The SMILES string of the molecule is C=C(CO[Si](c1ccccc1)(c1ccccc1)C(C)(C)C)C[C@H]1C(=O)C=C[C@@H]1[C@]12OC3(C)O[C@H]([C@H]1O)[C@](C(=C)C)(C[C@H]2C)O3. The van der Waals surface area contributed by atoms with Crippen LogP contribution in [0.4, 0.5) is 0 Å². The molecule has 0 aromatic heterocycles.